The summed E-state index contributed by atoms with van der Waals surface area (Å²) in [5.74, 6) is -0.520. The van der Waals surface area contributed by atoms with Gasteiger partial charge in [-0.2, -0.15) is 0 Å². The molecule has 0 aliphatic carbocycles. The summed E-state index contributed by atoms with van der Waals surface area (Å²) in [7, 11) is 1.39. The van der Waals surface area contributed by atoms with Crippen LogP contribution in [0, 0.1) is 11.8 Å². The molecule has 0 spiro atoms. The quantitative estimate of drug-likeness (QED) is 0.691. The average Bonchev–Trinajstić information content (AvgIpc) is 2.82. The second-order valence-electron chi connectivity index (χ2n) is 8.28. The van der Waals surface area contributed by atoms with Gasteiger partial charge in [0.25, 0.3) is 5.91 Å². The number of rotatable bonds is 6. The Labute approximate surface area is 182 Å². The standard InChI is InChI=1S/C23H31N3O5/c1-31-21(28)14-17-9-12-25(13-10-17)23(30)19-8-5-11-26(16-19)20(27)15-24-22(29)18-6-3-2-4-7-18/h2-4,6-7,17,19H,5,8-16H2,1H3,(H,24,29)/t19-/m1/s1. The number of nitrogens with zero attached hydrogens (tertiary/aromatic N) is 2. The Bertz CT molecular complexity index is 790. The van der Waals surface area contributed by atoms with Crippen molar-refractivity contribution in [3.63, 3.8) is 0 Å². The van der Waals surface area contributed by atoms with Crippen molar-refractivity contribution in [3.05, 3.63) is 35.9 Å². The molecule has 0 saturated carbocycles. The van der Waals surface area contributed by atoms with Crippen molar-refractivity contribution in [1.82, 2.24) is 15.1 Å². The van der Waals surface area contributed by atoms with Crippen LogP contribution in [0.25, 0.3) is 0 Å². The van der Waals surface area contributed by atoms with Crippen LogP contribution in [-0.4, -0.2) is 73.3 Å². The first kappa shape index (κ1) is 22.8. The number of carbonyl (C=O) groups is 4. The first-order chi connectivity index (χ1) is 15.0. The van der Waals surface area contributed by atoms with Gasteiger partial charge in [0.15, 0.2) is 0 Å². The highest BCUT2D eigenvalue weighted by Gasteiger charge is 2.33. The third-order valence-corrected chi connectivity index (χ3v) is 6.17. The van der Waals surface area contributed by atoms with Crippen molar-refractivity contribution in [2.24, 2.45) is 11.8 Å². The van der Waals surface area contributed by atoms with Crippen molar-refractivity contribution in [3.8, 4) is 0 Å². The van der Waals surface area contributed by atoms with Crippen LogP contribution in [0.2, 0.25) is 0 Å². The van der Waals surface area contributed by atoms with Crippen molar-refractivity contribution in [2.75, 3.05) is 39.8 Å². The summed E-state index contributed by atoms with van der Waals surface area (Å²) in [5.41, 5.74) is 0.512. The summed E-state index contributed by atoms with van der Waals surface area (Å²) in [6.07, 6.45) is 3.52. The van der Waals surface area contributed by atoms with E-state index >= 15 is 0 Å². The van der Waals surface area contributed by atoms with Gasteiger partial charge in [0.05, 0.1) is 19.6 Å². The van der Waals surface area contributed by atoms with E-state index in [0.717, 1.165) is 25.7 Å². The highest BCUT2D eigenvalue weighted by atomic mass is 16.5. The summed E-state index contributed by atoms with van der Waals surface area (Å²) >= 11 is 0. The van der Waals surface area contributed by atoms with Crippen LogP contribution in [0.1, 0.15) is 42.5 Å². The van der Waals surface area contributed by atoms with Crippen LogP contribution >= 0.6 is 0 Å². The molecular weight excluding hydrogens is 398 g/mol. The predicted octanol–water partition coefficient (Wildman–Crippen LogP) is 1.46. The molecule has 8 heteroatoms. The Morgan fingerprint density at radius 3 is 2.39 bits per heavy atom. The second kappa shape index (κ2) is 10.9. The summed E-state index contributed by atoms with van der Waals surface area (Å²) in [6, 6.07) is 8.77. The van der Waals surface area contributed by atoms with E-state index in [0.29, 0.717) is 38.2 Å². The molecule has 1 aromatic carbocycles. The van der Waals surface area contributed by atoms with Gasteiger partial charge in [-0.1, -0.05) is 18.2 Å². The fourth-order valence-electron chi connectivity index (χ4n) is 4.30. The van der Waals surface area contributed by atoms with Gasteiger partial charge >= 0.3 is 5.97 Å². The predicted molar refractivity (Wildman–Crippen MR) is 114 cm³/mol. The van der Waals surface area contributed by atoms with Crippen LogP contribution < -0.4 is 5.32 Å². The lowest BCUT2D eigenvalue weighted by Crippen LogP contribution is -2.50. The first-order valence-electron chi connectivity index (χ1n) is 10.9. The van der Waals surface area contributed by atoms with E-state index in [1.807, 2.05) is 11.0 Å². The number of hydrogen-bond donors (Lipinski definition) is 1. The smallest absolute Gasteiger partial charge is 0.305 e. The van der Waals surface area contributed by atoms with Gasteiger partial charge < -0.3 is 19.9 Å². The van der Waals surface area contributed by atoms with Gasteiger partial charge in [0.1, 0.15) is 0 Å². The zero-order chi connectivity index (χ0) is 22.2. The molecule has 0 radical (unpaired) electrons. The van der Waals surface area contributed by atoms with E-state index < -0.39 is 0 Å². The molecule has 2 aliphatic rings. The van der Waals surface area contributed by atoms with Gasteiger partial charge in [0, 0.05) is 38.2 Å². The van der Waals surface area contributed by atoms with Crippen molar-refractivity contribution < 1.29 is 23.9 Å². The lowest BCUT2D eigenvalue weighted by Gasteiger charge is -2.37. The van der Waals surface area contributed by atoms with Crippen LogP contribution in [-0.2, 0) is 19.1 Å². The number of nitrogens with one attached hydrogen (secondary N) is 1. The topological polar surface area (TPSA) is 96.0 Å². The van der Waals surface area contributed by atoms with Crippen molar-refractivity contribution >= 4 is 23.7 Å². The van der Waals surface area contributed by atoms with Gasteiger partial charge in [-0.3, -0.25) is 19.2 Å². The number of hydrogen-bond acceptors (Lipinski definition) is 5. The molecule has 168 valence electrons. The Hall–Kier alpha value is -2.90. The van der Waals surface area contributed by atoms with Gasteiger partial charge in [-0.05, 0) is 43.7 Å². The molecule has 2 heterocycles. The molecule has 3 rings (SSSR count). The molecule has 31 heavy (non-hydrogen) atoms. The zero-order valence-corrected chi connectivity index (χ0v) is 18.0. The Morgan fingerprint density at radius 2 is 1.71 bits per heavy atom. The number of likely N-dealkylation sites (tertiary alicyclic amines) is 2. The minimum absolute atomic E-state index is 0.0758. The molecule has 0 aromatic heterocycles. The Balaban J connectivity index is 1.45. The summed E-state index contributed by atoms with van der Waals surface area (Å²) in [4.78, 5) is 52.7. The molecule has 0 bridgehead atoms. The van der Waals surface area contributed by atoms with E-state index in [-0.39, 0.29) is 42.1 Å². The third-order valence-electron chi connectivity index (χ3n) is 6.17. The van der Waals surface area contributed by atoms with Crippen LogP contribution in [0.4, 0.5) is 0 Å². The van der Waals surface area contributed by atoms with E-state index in [1.54, 1.807) is 29.2 Å². The van der Waals surface area contributed by atoms with Crippen molar-refractivity contribution in [2.45, 2.75) is 32.1 Å². The largest absolute Gasteiger partial charge is 0.469 e. The van der Waals surface area contributed by atoms with E-state index in [4.69, 9.17) is 4.74 Å². The first-order valence-corrected chi connectivity index (χ1v) is 10.9. The molecule has 1 atom stereocenters. The second-order valence-corrected chi connectivity index (χ2v) is 8.28. The number of ether oxygens (including phenoxy) is 1. The number of methoxy groups -OCH3 is 1. The molecule has 2 fully saturated rings. The molecule has 0 unspecified atom stereocenters. The van der Waals surface area contributed by atoms with Crippen molar-refractivity contribution in [1.29, 1.82) is 0 Å². The van der Waals surface area contributed by atoms with Crippen LogP contribution in [0.3, 0.4) is 0 Å². The zero-order valence-electron chi connectivity index (χ0n) is 18.0. The molecular formula is C23H31N3O5. The summed E-state index contributed by atoms with van der Waals surface area (Å²) < 4.78 is 4.73. The van der Waals surface area contributed by atoms with E-state index in [9.17, 15) is 19.2 Å². The fourth-order valence-corrected chi connectivity index (χ4v) is 4.30. The molecule has 8 nitrogen and oxygen atoms in total. The molecule has 3 amide bonds. The summed E-state index contributed by atoms with van der Waals surface area (Å²) in [5, 5.41) is 2.67. The number of amides is 3. The fraction of sp³-hybridized carbons (Fsp3) is 0.565. The van der Waals surface area contributed by atoms with Gasteiger partial charge in [-0.15, -0.1) is 0 Å². The Kier molecular flexibility index (Phi) is 8.03. The molecule has 1 N–H and O–H groups in total. The maximum absolute atomic E-state index is 13.0. The minimum Gasteiger partial charge on any atom is -0.469 e. The molecule has 2 aliphatic heterocycles. The average molecular weight is 430 g/mol. The number of esters is 1. The normalized spacial score (nSPS) is 19.6. The molecule has 1 aromatic rings. The lowest BCUT2D eigenvalue weighted by atomic mass is 9.91. The number of carbonyl (C=O) groups excluding carboxylic acids is 4. The van der Waals surface area contributed by atoms with E-state index in [1.165, 1.54) is 7.11 Å². The monoisotopic (exact) mass is 429 g/mol. The highest BCUT2D eigenvalue weighted by molar-refractivity contribution is 5.96. The SMILES string of the molecule is COC(=O)CC1CCN(C(=O)[C@@H]2CCCN(C(=O)CNC(=O)c3ccccc3)C2)CC1. The maximum atomic E-state index is 13.0. The van der Waals surface area contributed by atoms with Crippen LogP contribution in [0.5, 0.6) is 0 Å². The maximum Gasteiger partial charge on any atom is 0.305 e. The third kappa shape index (κ3) is 6.29. The minimum atomic E-state index is -0.284. The lowest BCUT2D eigenvalue weighted by molar-refractivity contribution is -0.143. The van der Waals surface area contributed by atoms with Crippen LogP contribution in [0.15, 0.2) is 30.3 Å². The van der Waals surface area contributed by atoms with Gasteiger partial charge in [0.2, 0.25) is 11.8 Å². The Morgan fingerprint density at radius 1 is 1.00 bits per heavy atom. The highest BCUT2D eigenvalue weighted by Crippen LogP contribution is 2.25. The number of benzene rings is 1. The van der Waals surface area contributed by atoms with E-state index in [2.05, 4.69) is 5.32 Å². The van der Waals surface area contributed by atoms with Gasteiger partial charge in [-0.25, -0.2) is 0 Å². The summed E-state index contributed by atoms with van der Waals surface area (Å²) in [6.45, 7) is 2.19. The number of piperidine rings is 2. The molecule has 2 saturated heterocycles.